The van der Waals surface area contributed by atoms with Gasteiger partial charge in [0.1, 0.15) is 11.8 Å². The number of ether oxygens (including phenoxy) is 1. The van der Waals surface area contributed by atoms with Gasteiger partial charge in [0.25, 0.3) is 0 Å². The normalized spacial score (nSPS) is 16.1. The minimum atomic E-state index is -0.0597. The Morgan fingerprint density at radius 3 is 2.52 bits per heavy atom. The van der Waals surface area contributed by atoms with Crippen LogP contribution < -0.4 is 20.3 Å². The Hall–Kier alpha value is -1.75. The van der Waals surface area contributed by atoms with Crippen LogP contribution in [0.25, 0.3) is 0 Å². The molecule has 0 unspecified atom stereocenters. The van der Waals surface area contributed by atoms with Crippen molar-refractivity contribution in [3.63, 3.8) is 0 Å². The molecule has 1 fully saturated rings. The molecule has 0 radical (unpaired) electrons. The summed E-state index contributed by atoms with van der Waals surface area (Å²) in [6, 6.07) is 8.48. The Bertz CT molecular complexity index is 470. The van der Waals surface area contributed by atoms with Crippen molar-refractivity contribution in [1.82, 2.24) is 10.6 Å². The molecule has 1 aromatic rings. The van der Waals surface area contributed by atoms with Crippen molar-refractivity contribution in [2.24, 2.45) is 0 Å². The van der Waals surface area contributed by atoms with Crippen LogP contribution in [0.2, 0.25) is 0 Å². The molecule has 1 aromatic carbocycles. The Balaban J connectivity index is 1.95. The standard InChI is InChI=1S/C18H29N3O2/c1-3-4-11-19-18(22)20-14-17(21-12-5-6-13-21)15-7-9-16(23-2)10-8-15/h7-10,17H,3-6,11-14H2,1-2H3,(H2,19,20,22)/p+1/t17-/m0/s1. The van der Waals surface area contributed by atoms with E-state index in [1.165, 1.54) is 31.5 Å². The molecule has 0 aliphatic carbocycles. The molecule has 1 heterocycles. The minimum absolute atomic E-state index is 0.0597. The van der Waals surface area contributed by atoms with Crippen molar-refractivity contribution >= 4 is 6.03 Å². The lowest BCUT2D eigenvalue weighted by molar-refractivity contribution is -0.918. The fourth-order valence-corrected chi connectivity index (χ4v) is 3.15. The number of likely N-dealkylation sites (tertiary alicyclic amines) is 1. The molecule has 1 aliphatic heterocycles. The van der Waals surface area contributed by atoms with Gasteiger partial charge in [-0.1, -0.05) is 13.3 Å². The number of methoxy groups -OCH3 is 1. The Morgan fingerprint density at radius 2 is 1.91 bits per heavy atom. The van der Waals surface area contributed by atoms with Crippen LogP contribution in [0.5, 0.6) is 5.75 Å². The smallest absolute Gasteiger partial charge is 0.315 e. The van der Waals surface area contributed by atoms with Crippen molar-refractivity contribution in [3.8, 4) is 5.75 Å². The maximum atomic E-state index is 11.9. The lowest BCUT2D eigenvalue weighted by Crippen LogP contribution is -3.11. The lowest BCUT2D eigenvalue weighted by atomic mass is 10.1. The summed E-state index contributed by atoms with van der Waals surface area (Å²) in [7, 11) is 1.68. The van der Waals surface area contributed by atoms with E-state index in [0.29, 0.717) is 12.6 Å². The molecule has 0 saturated carbocycles. The van der Waals surface area contributed by atoms with Crippen molar-refractivity contribution in [1.29, 1.82) is 0 Å². The van der Waals surface area contributed by atoms with Crippen molar-refractivity contribution in [2.75, 3.05) is 33.3 Å². The van der Waals surface area contributed by atoms with E-state index >= 15 is 0 Å². The summed E-state index contributed by atoms with van der Waals surface area (Å²) in [4.78, 5) is 13.5. The second-order valence-corrected chi connectivity index (χ2v) is 6.18. The molecule has 0 bridgehead atoms. The summed E-state index contributed by atoms with van der Waals surface area (Å²) >= 11 is 0. The van der Waals surface area contributed by atoms with Gasteiger partial charge in [-0.05, 0) is 30.7 Å². The number of carbonyl (C=O) groups excluding carboxylic acids is 1. The minimum Gasteiger partial charge on any atom is -0.497 e. The van der Waals surface area contributed by atoms with Gasteiger partial charge in [0.2, 0.25) is 0 Å². The predicted molar refractivity (Wildman–Crippen MR) is 92.0 cm³/mol. The van der Waals surface area contributed by atoms with E-state index in [1.807, 2.05) is 12.1 Å². The number of hydrogen-bond donors (Lipinski definition) is 3. The molecule has 3 N–H and O–H groups in total. The molecule has 2 amide bonds. The monoisotopic (exact) mass is 320 g/mol. The van der Waals surface area contributed by atoms with Crippen LogP contribution in [0.15, 0.2) is 24.3 Å². The largest absolute Gasteiger partial charge is 0.497 e. The number of hydrogen-bond acceptors (Lipinski definition) is 2. The molecule has 1 atom stereocenters. The average Bonchev–Trinajstić information content (AvgIpc) is 3.10. The summed E-state index contributed by atoms with van der Waals surface area (Å²) in [6.07, 6.45) is 4.65. The second kappa shape index (κ2) is 9.40. The number of urea groups is 1. The third-order valence-electron chi connectivity index (χ3n) is 4.54. The van der Waals surface area contributed by atoms with Crippen LogP contribution in [0.4, 0.5) is 4.79 Å². The highest BCUT2D eigenvalue weighted by molar-refractivity contribution is 5.73. The van der Waals surface area contributed by atoms with Gasteiger partial charge in [0.05, 0.1) is 26.7 Å². The quantitative estimate of drug-likeness (QED) is 0.636. The fraction of sp³-hybridized carbons (Fsp3) is 0.611. The molecule has 0 aromatic heterocycles. The highest BCUT2D eigenvalue weighted by Crippen LogP contribution is 2.16. The van der Waals surface area contributed by atoms with Gasteiger partial charge in [-0.2, -0.15) is 0 Å². The zero-order chi connectivity index (χ0) is 16.5. The van der Waals surface area contributed by atoms with Gasteiger partial charge >= 0.3 is 6.03 Å². The summed E-state index contributed by atoms with van der Waals surface area (Å²) < 4.78 is 5.24. The van der Waals surface area contributed by atoms with E-state index in [2.05, 4.69) is 29.7 Å². The van der Waals surface area contributed by atoms with E-state index in [9.17, 15) is 4.79 Å². The first-order chi connectivity index (χ1) is 11.2. The number of benzene rings is 1. The van der Waals surface area contributed by atoms with E-state index < -0.39 is 0 Å². The van der Waals surface area contributed by atoms with Gasteiger partial charge in [-0.15, -0.1) is 0 Å². The highest BCUT2D eigenvalue weighted by Gasteiger charge is 2.27. The highest BCUT2D eigenvalue weighted by atomic mass is 16.5. The van der Waals surface area contributed by atoms with Gasteiger partial charge in [-0.3, -0.25) is 0 Å². The predicted octanol–water partition coefficient (Wildman–Crippen LogP) is 1.51. The van der Waals surface area contributed by atoms with Crippen molar-refractivity contribution in [3.05, 3.63) is 29.8 Å². The molecule has 23 heavy (non-hydrogen) atoms. The summed E-state index contributed by atoms with van der Waals surface area (Å²) in [5.41, 5.74) is 1.26. The number of quaternary nitrogens is 1. The van der Waals surface area contributed by atoms with Crippen LogP contribution in [-0.4, -0.2) is 39.3 Å². The first-order valence-electron chi connectivity index (χ1n) is 8.74. The molecular weight excluding hydrogens is 290 g/mol. The first kappa shape index (κ1) is 17.6. The maximum absolute atomic E-state index is 11.9. The topological polar surface area (TPSA) is 54.8 Å². The van der Waals surface area contributed by atoms with Crippen molar-refractivity contribution in [2.45, 2.75) is 38.6 Å². The van der Waals surface area contributed by atoms with Crippen LogP contribution >= 0.6 is 0 Å². The third kappa shape index (κ3) is 5.43. The Kier molecular flexibility index (Phi) is 7.20. The van der Waals surface area contributed by atoms with Crippen LogP contribution in [0.1, 0.15) is 44.2 Å². The number of rotatable bonds is 8. The molecule has 5 heteroatoms. The van der Waals surface area contributed by atoms with Crippen LogP contribution in [-0.2, 0) is 0 Å². The molecule has 2 rings (SSSR count). The number of unbranched alkanes of at least 4 members (excludes halogenated alkanes) is 1. The summed E-state index contributed by atoms with van der Waals surface area (Å²) in [5.74, 6) is 0.870. The Morgan fingerprint density at radius 1 is 1.22 bits per heavy atom. The van der Waals surface area contributed by atoms with Gasteiger partial charge < -0.3 is 20.3 Å². The zero-order valence-corrected chi connectivity index (χ0v) is 14.4. The number of nitrogens with one attached hydrogen (secondary N) is 3. The molecule has 0 spiro atoms. The van der Waals surface area contributed by atoms with Crippen LogP contribution in [0.3, 0.4) is 0 Å². The SMILES string of the molecule is CCCCNC(=O)NC[C@@H](c1ccc(OC)cc1)[NH+]1CCCC1. The molecular formula is C18H30N3O2+. The molecule has 128 valence electrons. The van der Waals surface area contributed by atoms with Gasteiger partial charge in [-0.25, -0.2) is 4.79 Å². The van der Waals surface area contributed by atoms with E-state index in [1.54, 1.807) is 12.0 Å². The fourth-order valence-electron chi connectivity index (χ4n) is 3.15. The zero-order valence-electron chi connectivity index (χ0n) is 14.4. The maximum Gasteiger partial charge on any atom is 0.315 e. The third-order valence-corrected chi connectivity index (χ3v) is 4.54. The molecule has 5 nitrogen and oxygen atoms in total. The average molecular weight is 320 g/mol. The molecule has 1 aliphatic rings. The van der Waals surface area contributed by atoms with Gasteiger partial charge in [0.15, 0.2) is 0 Å². The summed E-state index contributed by atoms with van der Waals surface area (Å²) in [6.45, 7) is 5.88. The first-order valence-corrected chi connectivity index (χ1v) is 8.74. The van der Waals surface area contributed by atoms with Gasteiger partial charge in [0, 0.05) is 24.9 Å². The van der Waals surface area contributed by atoms with E-state index in [4.69, 9.17) is 4.74 Å². The number of carbonyl (C=O) groups is 1. The Labute approximate surface area is 139 Å². The molecule has 1 saturated heterocycles. The number of amides is 2. The van der Waals surface area contributed by atoms with E-state index in [-0.39, 0.29) is 6.03 Å². The van der Waals surface area contributed by atoms with Crippen LogP contribution in [0, 0.1) is 0 Å². The van der Waals surface area contributed by atoms with E-state index in [0.717, 1.165) is 25.1 Å². The van der Waals surface area contributed by atoms with Crippen molar-refractivity contribution < 1.29 is 14.4 Å². The lowest BCUT2D eigenvalue weighted by Gasteiger charge is -2.25. The second-order valence-electron chi connectivity index (χ2n) is 6.18. The summed E-state index contributed by atoms with van der Waals surface area (Å²) in [5, 5.41) is 5.96.